The number of nitrogens with one attached hydrogen (secondary N) is 2. The highest BCUT2D eigenvalue weighted by atomic mass is 16.2. The van der Waals surface area contributed by atoms with E-state index in [1.54, 1.807) is 0 Å². The average molecular weight is 212 g/mol. The van der Waals surface area contributed by atoms with Crippen molar-refractivity contribution in [2.75, 3.05) is 13.1 Å². The topological polar surface area (TPSA) is 41.1 Å². The number of carbonyl (C=O) groups is 1. The lowest BCUT2D eigenvalue weighted by Gasteiger charge is -2.20. The summed E-state index contributed by atoms with van der Waals surface area (Å²) in [4.78, 5) is 11.6. The highest BCUT2D eigenvalue weighted by Crippen LogP contribution is 2.10. The Morgan fingerprint density at radius 1 is 1.40 bits per heavy atom. The van der Waals surface area contributed by atoms with Crippen LogP contribution in [0.1, 0.15) is 40.0 Å². The first kappa shape index (κ1) is 12.5. The van der Waals surface area contributed by atoms with Crippen molar-refractivity contribution in [3.63, 3.8) is 0 Å². The van der Waals surface area contributed by atoms with Gasteiger partial charge in [-0.05, 0) is 37.6 Å². The molecule has 3 nitrogen and oxygen atoms in total. The largest absolute Gasteiger partial charge is 0.355 e. The van der Waals surface area contributed by atoms with Gasteiger partial charge in [-0.2, -0.15) is 0 Å². The van der Waals surface area contributed by atoms with E-state index in [4.69, 9.17) is 0 Å². The number of carbonyl (C=O) groups excluding carboxylic acids is 1. The molecule has 0 aliphatic carbocycles. The van der Waals surface area contributed by atoms with E-state index in [2.05, 4.69) is 31.4 Å². The van der Waals surface area contributed by atoms with Crippen LogP contribution in [0.4, 0.5) is 0 Å². The minimum Gasteiger partial charge on any atom is -0.355 e. The lowest BCUT2D eigenvalue weighted by Crippen LogP contribution is -2.44. The number of amides is 1. The Labute approximate surface area is 93.0 Å². The molecule has 0 radical (unpaired) electrons. The van der Waals surface area contributed by atoms with E-state index in [0.29, 0.717) is 11.8 Å². The fraction of sp³-hybridized carbons (Fsp3) is 0.917. The van der Waals surface area contributed by atoms with Crippen molar-refractivity contribution in [1.82, 2.24) is 10.6 Å². The van der Waals surface area contributed by atoms with Crippen molar-refractivity contribution in [3.05, 3.63) is 0 Å². The molecule has 15 heavy (non-hydrogen) atoms. The van der Waals surface area contributed by atoms with E-state index in [-0.39, 0.29) is 11.9 Å². The molecule has 1 amide bonds. The van der Waals surface area contributed by atoms with Crippen LogP contribution in [0.25, 0.3) is 0 Å². The SMILES string of the molecule is CC(C)C(C)CNC1CCCCNC1=O. The molecule has 0 saturated carbocycles. The summed E-state index contributed by atoms with van der Waals surface area (Å²) >= 11 is 0. The Bertz CT molecular complexity index is 204. The van der Waals surface area contributed by atoms with Crippen LogP contribution >= 0.6 is 0 Å². The van der Waals surface area contributed by atoms with Gasteiger partial charge in [-0.3, -0.25) is 4.79 Å². The lowest BCUT2D eigenvalue weighted by molar-refractivity contribution is -0.122. The molecule has 1 fully saturated rings. The smallest absolute Gasteiger partial charge is 0.237 e. The van der Waals surface area contributed by atoms with Crippen molar-refractivity contribution in [1.29, 1.82) is 0 Å². The Hall–Kier alpha value is -0.570. The van der Waals surface area contributed by atoms with E-state index in [1.165, 1.54) is 0 Å². The fourth-order valence-electron chi connectivity index (χ4n) is 1.70. The quantitative estimate of drug-likeness (QED) is 0.742. The van der Waals surface area contributed by atoms with Crippen LogP contribution in [-0.2, 0) is 4.79 Å². The molecular weight excluding hydrogens is 188 g/mol. The summed E-state index contributed by atoms with van der Waals surface area (Å²) in [6.07, 6.45) is 3.24. The summed E-state index contributed by atoms with van der Waals surface area (Å²) < 4.78 is 0. The van der Waals surface area contributed by atoms with Gasteiger partial charge in [0.1, 0.15) is 0 Å². The predicted octanol–water partition coefficient (Wildman–Crippen LogP) is 1.54. The molecule has 1 rings (SSSR count). The molecular formula is C12H24N2O. The minimum atomic E-state index is 0.0358. The summed E-state index contributed by atoms with van der Waals surface area (Å²) in [5, 5.41) is 6.33. The van der Waals surface area contributed by atoms with Gasteiger partial charge in [0.2, 0.25) is 5.91 Å². The second-order valence-electron chi connectivity index (χ2n) is 4.97. The van der Waals surface area contributed by atoms with Crippen LogP contribution in [0.2, 0.25) is 0 Å². The van der Waals surface area contributed by atoms with Crippen LogP contribution in [0.5, 0.6) is 0 Å². The van der Waals surface area contributed by atoms with Gasteiger partial charge in [-0.25, -0.2) is 0 Å². The number of hydrogen-bond acceptors (Lipinski definition) is 2. The van der Waals surface area contributed by atoms with Gasteiger partial charge in [0, 0.05) is 6.54 Å². The monoisotopic (exact) mass is 212 g/mol. The van der Waals surface area contributed by atoms with E-state index in [1.807, 2.05) is 0 Å². The third kappa shape index (κ3) is 4.20. The normalized spacial score (nSPS) is 24.8. The van der Waals surface area contributed by atoms with Crippen molar-refractivity contribution in [3.8, 4) is 0 Å². The molecule has 0 spiro atoms. The van der Waals surface area contributed by atoms with E-state index in [0.717, 1.165) is 32.4 Å². The Morgan fingerprint density at radius 3 is 2.80 bits per heavy atom. The molecule has 2 atom stereocenters. The van der Waals surface area contributed by atoms with Gasteiger partial charge in [0.25, 0.3) is 0 Å². The van der Waals surface area contributed by atoms with E-state index in [9.17, 15) is 4.79 Å². The summed E-state index contributed by atoms with van der Waals surface area (Å²) in [5.41, 5.74) is 0. The number of hydrogen-bond donors (Lipinski definition) is 2. The Balaban J connectivity index is 2.32. The zero-order valence-corrected chi connectivity index (χ0v) is 10.2. The predicted molar refractivity (Wildman–Crippen MR) is 62.7 cm³/mol. The molecule has 2 unspecified atom stereocenters. The van der Waals surface area contributed by atoms with Gasteiger partial charge >= 0.3 is 0 Å². The zero-order valence-electron chi connectivity index (χ0n) is 10.2. The Morgan fingerprint density at radius 2 is 2.13 bits per heavy atom. The second-order valence-corrected chi connectivity index (χ2v) is 4.97. The molecule has 1 aliphatic rings. The third-order valence-electron chi connectivity index (χ3n) is 3.36. The molecule has 0 aromatic rings. The first-order valence-electron chi connectivity index (χ1n) is 6.12. The standard InChI is InChI=1S/C12H24N2O/c1-9(2)10(3)8-14-11-6-4-5-7-13-12(11)15/h9-11,14H,4-8H2,1-3H3,(H,13,15). The minimum absolute atomic E-state index is 0.0358. The molecule has 1 saturated heterocycles. The lowest BCUT2D eigenvalue weighted by atomic mass is 9.97. The molecule has 3 heteroatoms. The fourth-order valence-corrected chi connectivity index (χ4v) is 1.70. The highest BCUT2D eigenvalue weighted by molar-refractivity contribution is 5.81. The van der Waals surface area contributed by atoms with Crippen LogP contribution < -0.4 is 10.6 Å². The molecule has 0 aromatic carbocycles. The second kappa shape index (κ2) is 6.11. The van der Waals surface area contributed by atoms with Crippen molar-refractivity contribution >= 4 is 5.91 Å². The third-order valence-corrected chi connectivity index (χ3v) is 3.36. The molecule has 1 aliphatic heterocycles. The number of rotatable bonds is 4. The van der Waals surface area contributed by atoms with Crippen LogP contribution in [0.3, 0.4) is 0 Å². The maximum atomic E-state index is 11.6. The van der Waals surface area contributed by atoms with Crippen molar-refractivity contribution in [2.24, 2.45) is 11.8 Å². The molecule has 0 bridgehead atoms. The maximum absolute atomic E-state index is 11.6. The van der Waals surface area contributed by atoms with Gasteiger partial charge in [0.05, 0.1) is 6.04 Å². The molecule has 0 aromatic heterocycles. The summed E-state index contributed by atoms with van der Waals surface area (Å²) in [6, 6.07) is 0.0358. The molecule has 1 heterocycles. The summed E-state index contributed by atoms with van der Waals surface area (Å²) in [6.45, 7) is 8.46. The average Bonchev–Trinajstić information content (AvgIpc) is 2.39. The summed E-state index contributed by atoms with van der Waals surface area (Å²) in [7, 11) is 0. The van der Waals surface area contributed by atoms with Gasteiger partial charge in [0.15, 0.2) is 0 Å². The zero-order chi connectivity index (χ0) is 11.3. The Kier molecular flexibility index (Phi) is 5.09. The first-order valence-corrected chi connectivity index (χ1v) is 6.12. The van der Waals surface area contributed by atoms with Gasteiger partial charge in [-0.1, -0.05) is 20.8 Å². The molecule has 2 N–H and O–H groups in total. The highest BCUT2D eigenvalue weighted by Gasteiger charge is 2.20. The van der Waals surface area contributed by atoms with Crippen LogP contribution in [-0.4, -0.2) is 25.0 Å². The first-order chi connectivity index (χ1) is 7.11. The maximum Gasteiger partial charge on any atom is 0.237 e. The summed E-state index contributed by atoms with van der Waals surface area (Å²) in [5.74, 6) is 1.48. The van der Waals surface area contributed by atoms with Crippen molar-refractivity contribution < 1.29 is 4.79 Å². The van der Waals surface area contributed by atoms with Crippen LogP contribution in [0.15, 0.2) is 0 Å². The van der Waals surface area contributed by atoms with Gasteiger partial charge < -0.3 is 10.6 Å². The van der Waals surface area contributed by atoms with Crippen LogP contribution in [0, 0.1) is 11.8 Å². The van der Waals surface area contributed by atoms with Crippen molar-refractivity contribution in [2.45, 2.75) is 46.1 Å². The van der Waals surface area contributed by atoms with E-state index < -0.39 is 0 Å². The molecule has 88 valence electrons. The van der Waals surface area contributed by atoms with E-state index >= 15 is 0 Å². The van der Waals surface area contributed by atoms with Gasteiger partial charge in [-0.15, -0.1) is 0 Å².